The van der Waals surface area contributed by atoms with Crippen LogP contribution in [0.3, 0.4) is 0 Å². The first kappa shape index (κ1) is 5.85. The highest BCUT2D eigenvalue weighted by molar-refractivity contribution is 7.64. The van der Waals surface area contributed by atoms with Crippen molar-refractivity contribution in [2.75, 3.05) is 0 Å². The van der Waals surface area contributed by atoms with Crippen LogP contribution < -0.4 is 0 Å². The second-order valence-electron chi connectivity index (χ2n) is 1.39. The minimum Gasteiger partial charge on any atom is -0.152 e. The van der Waals surface area contributed by atoms with Gasteiger partial charge in [0.2, 0.25) is 0 Å². The van der Waals surface area contributed by atoms with Gasteiger partial charge in [0.05, 0.1) is 0 Å². The fourth-order valence-electron chi connectivity index (χ4n) is 0.443. The van der Waals surface area contributed by atoms with Crippen molar-refractivity contribution in [3.8, 4) is 0 Å². The summed E-state index contributed by atoms with van der Waals surface area (Å²) in [4.78, 5) is 0. The van der Waals surface area contributed by atoms with E-state index in [9.17, 15) is 4.21 Å². The van der Waals surface area contributed by atoms with Gasteiger partial charge < -0.3 is 0 Å². The molecule has 3 heteroatoms. The molecular formula is C5H5OS2+. The lowest BCUT2D eigenvalue weighted by atomic mass is 10.4. The van der Waals surface area contributed by atoms with Crippen LogP contribution in [0.1, 0.15) is 5.56 Å². The lowest BCUT2D eigenvalue weighted by Crippen LogP contribution is -1.72. The van der Waals surface area contributed by atoms with Gasteiger partial charge in [-0.25, -0.2) is 0 Å². The number of hydrogen-bond donors (Lipinski definition) is 0. The molecule has 8 heavy (non-hydrogen) atoms. The molecular weight excluding hydrogens is 140 g/mol. The zero-order valence-electron chi connectivity index (χ0n) is 4.16. The van der Waals surface area contributed by atoms with Gasteiger partial charge in [0.15, 0.2) is 0 Å². The fraction of sp³-hybridized carbons (Fsp3) is 0.200. The molecule has 42 valence electrons. The molecule has 1 nitrogen and oxygen atoms in total. The maximum Gasteiger partial charge on any atom is 0.463 e. The second-order valence-corrected chi connectivity index (χ2v) is 2.70. The second kappa shape index (κ2) is 2.89. The standard InChI is InChI=1S/C5H5OS2/c6-8-4-5-1-2-7-3-5/h1-3H,4H2/q+1. The molecule has 0 N–H and O–H groups in total. The molecule has 1 rings (SSSR count). The van der Waals surface area contributed by atoms with Gasteiger partial charge >= 0.3 is 11.7 Å². The van der Waals surface area contributed by atoms with E-state index in [0.29, 0.717) is 17.4 Å². The van der Waals surface area contributed by atoms with Crippen molar-refractivity contribution in [1.82, 2.24) is 0 Å². The SMILES string of the molecule is O=[S+]Cc1ccsc1. The number of rotatable bonds is 2. The third-order valence-corrected chi connectivity index (χ3v) is 1.99. The van der Waals surface area contributed by atoms with Crippen LogP contribution in [-0.4, -0.2) is 0 Å². The summed E-state index contributed by atoms with van der Waals surface area (Å²) in [7, 11) is 0. The first-order valence-electron chi connectivity index (χ1n) is 2.19. The van der Waals surface area contributed by atoms with E-state index in [-0.39, 0.29) is 0 Å². The molecule has 0 aromatic carbocycles. The van der Waals surface area contributed by atoms with Gasteiger partial charge in [0, 0.05) is 9.77 Å². The van der Waals surface area contributed by atoms with Crippen LogP contribution in [0.2, 0.25) is 0 Å². The molecule has 0 aliphatic rings. The maximum atomic E-state index is 9.92. The lowest BCUT2D eigenvalue weighted by molar-refractivity contribution is 0.604. The van der Waals surface area contributed by atoms with Gasteiger partial charge in [0.25, 0.3) is 5.75 Å². The first-order valence-corrected chi connectivity index (χ1v) is 4.04. The zero-order valence-corrected chi connectivity index (χ0v) is 5.80. The van der Waals surface area contributed by atoms with Crippen LogP contribution in [0, 0.1) is 0 Å². The van der Waals surface area contributed by atoms with E-state index >= 15 is 0 Å². The summed E-state index contributed by atoms with van der Waals surface area (Å²) in [6.07, 6.45) is 0. The molecule has 0 aliphatic heterocycles. The summed E-state index contributed by atoms with van der Waals surface area (Å²) in [5, 5.41) is 3.97. The Hall–Kier alpha value is -0.280. The van der Waals surface area contributed by atoms with Gasteiger partial charge in [-0.3, -0.25) is 0 Å². The molecule has 0 aliphatic carbocycles. The van der Waals surface area contributed by atoms with Crippen LogP contribution in [0.15, 0.2) is 16.8 Å². The van der Waals surface area contributed by atoms with Crippen molar-refractivity contribution in [2.24, 2.45) is 0 Å². The highest BCUT2D eigenvalue weighted by Crippen LogP contribution is 2.05. The predicted molar refractivity (Wildman–Crippen MR) is 36.1 cm³/mol. The smallest absolute Gasteiger partial charge is 0.152 e. The van der Waals surface area contributed by atoms with Crippen molar-refractivity contribution >= 4 is 23.0 Å². The molecule has 0 radical (unpaired) electrons. The third kappa shape index (κ3) is 1.35. The monoisotopic (exact) mass is 145 g/mol. The van der Waals surface area contributed by atoms with Gasteiger partial charge in [-0.15, -0.1) is 0 Å². The Balaban J connectivity index is 2.62. The molecule has 1 heterocycles. The van der Waals surface area contributed by atoms with Crippen LogP contribution in [0.5, 0.6) is 0 Å². The molecule has 0 saturated heterocycles. The summed E-state index contributed by atoms with van der Waals surface area (Å²) in [6, 6.07) is 1.97. The quantitative estimate of drug-likeness (QED) is 0.579. The van der Waals surface area contributed by atoms with Crippen LogP contribution in [-0.2, 0) is 21.6 Å². The molecule has 0 unspecified atom stereocenters. The highest BCUT2D eigenvalue weighted by Gasteiger charge is 1.99. The lowest BCUT2D eigenvalue weighted by Gasteiger charge is -1.67. The zero-order chi connectivity index (χ0) is 5.82. The molecule has 0 fully saturated rings. The molecule has 1 aromatic rings. The van der Waals surface area contributed by atoms with Crippen LogP contribution in [0.4, 0.5) is 0 Å². The van der Waals surface area contributed by atoms with E-state index in [4.69, 9.17) is 0 Å². The van der Waals surface area contributed by atoms with Crippen molar-refractivity contribution in [3.05, 3.63) is 22.4 Å². The summed E-state index contributed by atoms with van der Waals surface area (Å²) in [5.41, 5.74) is 1.13. The molecule has 0 spiro atoms. The third-order valence-electron chi connectivity index (χ3n) is 0.806. The van der Waals surface area contributed by atoms with E-state index < -0.39 is 0 Å². The van der Waals surface area contributed by atoms with Crippen LogP contribution >= 0.6 is 11.3 Å². The Bertz CT molecular complexity index is 157. The van der Waals surface area contributed by atoms with Gasteiger partial charge in [-0.2, -0.15) is 11.3 Å². The Morgan fingerprint density at radius 3 is 3.12 bits per heavy atom. The van der Waals surface area contributed by atoms with Crippen LogP contribution in [0.25, 0.3) is 0 Å². The Morgan fingerprint density at radius 2 is 2.62 bits per heavy atom. The largest absolute Gasteiger partial charge is 0.463 e. The molecule has 0 saturated carbocycles. The maximum absolute atomic E-state index is 9.92. The number of thiophene rings is 1. The molecule has 0 bridgehead atoms. The summed E-state index contributed by atoms with van der Waals surface area (Å²) >= 11 is 2.24. The number of hydrogen-bond acceptors (Lipinski definition) is 2. The van der Waals surface area contributed by atoms with E-state index in [0.717, 1.165) is 5.56 Å². The molecule has 0 atom stereocenters. The highest BCUT2D eigenvalue weighted by atomic mass is 32.1. The van der Waals surface area contributed by atoms with E-state index in [1.54, 1.807) is 11.3 Å². The average Bonchev–Trinajstić information content (AvgIpc) is 2.19. The van der Waals surface area contributed by atoms with Crippen molar-refractivity contribution in [1.29, 1.82) is 0 Å². The minimum absolute atomic E-state index is 0.601. The van der Waals surface area contributed by atoms with Crippen molar-refractivity contribution in [2.45, 2.75) is 5.75 Å². The van der Waals surface area contributed by atoms with Gasteiger partial charge in [-0.1, -0.05) is 0 Å². The predicted octanol–water partition coefficient (Wildman–Crippen LogP) is 1.68. The Morgan fingerprint density at radius 1 is 1.75 bits per heavy atom. The van der Waals surface area contributed by atoms with Gasteiger partial charge in [0.1, 0.15) is 0 Å². The summed E-state index contributed by atoms with van der Waals surface area (Å²) in [5.74, 6) is 0.601. The van der Waals surface area contributed by atoms with E-state index in [1.807, 2.05) is 16.8 Å². The molecule has 0 amide bonds. The van der Waals surface area contributed by atoms with E-state index in [1.165, 1.54) is 0 Å². The van der Waals surface area contributed by atoms with Crippen molar-refractivity contribution < 1.29 is 4.21 Å². The first-order chi connectivity index (χ1) is 3.93. The Labute approximate surface area is 55.8 Å². The topological polar surface area (TPSA) is 17.1 Å². The minimum atomic E-state index is 0.601. The van der Waals surface area contributed by atoms with E-state index in [2.05, 4.69) is 0 Å². The van der Waals surface area contributed by atoms with Crippen molar-refractivity contribution in [3.63, 3.8) is 0 Å². The fourth-order valence-corrected chi connectivity index (χ4v) is 1.53. The molecule has 1 aromatic heterocycles. The normalized spacial score (nSPS) is 9.00. The van der Waals surface area contributed by atoms with Gasteiger partial charge in [-0.05, 0) is 16.8 Å². The summed E-state index contributed by atoms with van der Waals surface area (Å²) < 4.78 is 9.92. The average molecular weight is 145 g/mol. The Kier molecular flexibility index (Phi) is 2.11. The summed E-state index contributed by atoms with van der Waals surface area (Å²) in [6.45, 7) is 0.